The molecule has 1 atom stereocenters. The number of esters is 1. The fourth-order valence-electron chi connectivity index (χ4n) is 2.54. The van der Waals surface area contributed by atoms with Crippen molar-refractivity contribution in [3.63, 3.8) is 0 Å². The summed E-state index contributed by atoms with van der Waals surface area (Å²) in [4.78, 5) is 37.7. The van der Waals surface area contributed by atoms with Gasteiger partial charge in [0.15, 0.2) is 5.78 Å². The van der Waals surface area contributed by atoms with Gasteiger partial charge in [0.1, 0.15) is 17.4 Å². The second-order valence-corrected chi connectivity index (χ2v) is 5.36. The zero-order chi connectivity index (χ0) is 19.1. The number of rotatable bonds is 8. The number of Topliss-reactive ketones (excluding diaryl/α,β-unsaturated/α-hetero) is 2. The number of benzene rings is 2. The van der Waals surface area contributed by atoms with Crippen molar-refractivity contribution in [2.45, 2.75) is 12.8 Å². The predicted octanol–water partition coefficient (Wildman–Crippen LogP) is 2.80. The molecular formula is C20H20O6. The van der Waals surface area contributed by atoms with Crippen LogP contribution in [0.15, 0.2) is 48.5 Å². The van der Waals surface area contributed by atoms with E-state index in [2.05, 4.69) is 0 Å². The van der Waals surface area contributed by atoms with Crippen LogP contribution in [0.1, 0.15) is 28.8 Å². The molecule has 136 valence electrons. The monoisotopic (exact) mass is 356 g/mol. The Morgan fingerprint density at radius 2 is 1.65 bits per heavy atom. The summed E-state index contributed by atoms with van der Waals surface area (Å²) in [6.07, 6.45) is 0. The number of hydrogen-bond acceptors (Lipinski definition) is 6. The lowest BCUT2D eigenvalue weighted by molar-refractivity contribution is -0.153. The van der Waals surface area contributed by atoms with Crippen molar-refractivity contribution in [1.29, 1.82) is 0 Å². The van der Waals surface area contributed by atoms with E-state index in [0.29, 0.717) is 11.3 Å². The molecule has 26 heavy (non-hydrogen) atoms. The van der Waals surface area contributed by atoms with Crippen molar-refractivity contribution in [1.82, 2.24) is 0 Å². The lowest BCUT2D eigenvalue weighted by Gasteiger charge is -2.16. The minimum absolute atomic E-state index is 0.0477. The minimum Gasteiger partial charge on any atom is -0.497 e. The molecule has 2 aromatic rings. The average molecular weight is 356 g/mol. The van der Waals surface area contributed by atoms with Crippen LogP contribution in [-0.2, 0) is 14.3 Å². The molecule has 0 aliphatic carbocycles. The van der Waals surface area contributed by atoms with Crippen LogP contribution >= 0.6 is 0 Å². The van der Waals surface area contributed by atoms with Gasteiger partial charge in [-0.3, -0.25) is 9.59 Å². The van der Waals surface area contributed by atoms with Crippen molar-refractivity contribution < 1.29 is 28.6 Å². The first-order chi connectivity index (χ1) is 12.5. The van der Waals surface area contributed by atoms with Gasteiger partial charge in [-0.15, -0.1) is 0 Å². The molecule has 6 nitrogen and oxygen atoms in total. The van der Waals surface area contributed by atoms with Crippen molar-refractivity contribution in [2.24, 2.45) is 0 Å². The number of ketones is 2. The fraction of sp³-hybridized carbons (Fsp3) is 0.250. The second-order valence-electron chi connectivity index (χ2n) is 5.36. The summed E-state index contributed by atoms with van der Waals surface area (Å²) >= 11 is 0. The van der Waals surface area contributed by atoms with E-state index < -0.39 is 23.5 Å². The first-order valence-electron chi connectivity index (χ1n) is 8.05. The molecular weight excluding hydrogens is 336 g/mol. The Balaban J connectivity index is 2.50. The van der Waals surface area contributed by atoms with Gasteiger partial charge in [-0.1, -0.05) is 30.3 Å². The molecule has 0 fully saturated rings. The lowest BCUT2D eigenvalue weighted by atomic mass is 9.86. The van der Waals surface area contributed by atoms with Gasteiger partial charge in [0, 0.05) is 6.07 Å². The van der Waals surface area contributed by atoms with Gasteiger partial charge in [-0.05, 0) is 24.6 Å². The summed E-state index contributed by atoms with van der Waals surface area (Å²) in [6.45, 7) is 1.64. The average Bonchev–Trinajstić information content (AvgIpc) is 2.68. The molecule has 0 saturated heterocycles. The molecule has 0 aliphatic heterocycles. The van der Waals surface area contributed by atoms with Crippen LogP contribution in [0.5, 0.6) is 11.5 Å². The Labute approximate surface area is 151 Å². The zero-order valence-electron chi connectivity index (χ0n) is 14.9. The van der Waals surface area contributed by atoms with Gasteiger partial charge in [0.25, 0.3) is 5.78 Å². The quantitative estimate of drug-likeness (QED) is 0.313. The summed E-state index contributed by atoms with van der Waals surface area (Å²) in [6, 6.07) is 13.0. The fourth-order valence-corrected chi connectivity index (χ4v) is 2.54. The highest BCUT2D eigenvalue weighted by Gasteiger charge is 2.36. The number of methoxy groups -OCH3 is 2. The molecule has 2 rings (SSSR count). The standard InChI is InChI=1S/C20H20O6/c1-4-26-20(23)19(22)17(13-8-6-5-7-9-13)18(21)15-11-10-14(24-2)12-16(15)25-3/h5-12,17H,4H2,1-3H3. The van der Waals surface area contributed by atoms with Crippen molar-refractivity contribution >= 4 is 17.5 Å². The number of carbonyl (C=O) groups is 3. The van der Waals surface area contributed by atoms with E-state index in [4.69, 9.17) is 14.2 Å². The normalized spacial score (nSPS) is 11.3. The van der Waals surface area contributed by atoms with E-state index >= 15 is 0 Å². The lowest BCUT2D eigenvalue weighted by Crippen LogP contribution is -2.30. The van der Waals surface area contributed by atoms with E-state index in [1.807, 2.05) is 0 Å². The maximum absolute atomic E-state index is 13.1. The van der Waals surface area contributed by atoms with Gasteiger partial charge in [0.2, 0.25) is 0 Å². The SMILES string of the molecule is CCOC(=O)C(=O)C(C(=O)c1ccc(OC)cc1OC)c1ccccc1. The van der Waals surface area contributed by atoms with E-state index in [1.54, 1.807) is 49.4 Å². The molecule has 0 N–H and O–H groups in total. The maximum atomic E-state index is 13.1. The molecule has 0 amide bonds. The van der Waals surface area contributed by atoms with Crippen molar-refractivity contribution in [2.75, 3.05) is 20.8 Å². The van der Waals surface area contributed by atoms with Crippen LogP contribution in [0.25, 0.3) is 0 Å². The molecule has 0 aliphatic rings. The molecule has 0 radical (unpaired) electrons. The molecule has 0 bridgehead atoms. The van der Waals surface area contributed by atoms with Crippen molar-refractivity contribution in [3.8, 4) is 11.5 Å². The first kappa shape index (κ1) is 19.2. The summed E-state index contributed by atoms with van der Waals surface area (Å²) in [5.41, 5.74) is 0.591. The Bertz CT molecular complexity index is 797. The van der Waals surface area contributed by atoms with Gasteiger partial charge in [0.05, 0.1) is 26.4 Å². The van der Waals surface area contributed by atoms with Crippen LogP contribution in [0, 0.1) is 0 Å². The highest BCUT2D eigenvalue weighted by molar-refractivity contribution is 6.41. The van der Waals surface area contributed by atoms with Crippen LogP contribution < -0.4 is 9.47 Å². The van der Waals surface area contributed by atoms with E-state index in [9.17, 15) is 14.4 Å². The van der Waals surface area contributed by atoms with Gasteiger partial charge in [-0.2, -0.15) is 0 Å². The predicted molar refractivity (Wildman–Crippen MR) is 94.7 cm³/mol. The Hall–Kier alpha value is -3.15. The molecule has 6 heteroatoms. The number of carbonyl (C=O) groups excluding carboxylic acids is 3. The smallest absolute Gasteiger partial charge is 0.375 e. The van der Waals surface area contributed by atoms with Crippen LogP contribution in [-0.4, -0.2) is 38.4 Å². The van der Waals surface area contributed by atoms with Gasteiger partial charge in [-0.25, -0.2) is 4.79 Å². The molecule has 2 aromatic carbocycles. The third kappa shape index (κ3) is 4.08. The maximum Gasteiger partial charge on any atom is 0.375 e. The number of hydrogen-bond donors (Lipinski definition) is 0. The van der Waals surface area contributed by atoms with Gasteiger partial charge < -0.3 is 14.2 Å². The van der Waals surface area contributed by atoms with E-state index in [1.165, 1.54) is 20.3 Å². The number of ether oxygens (including phenoxy) is 3. The molecule has 1 unspecified atom stereocenters. The third-order valence-corrected chi connectivity index (χ3v) is 3.81. The Morgan fingerprint density at radius 3 is 2.23 bits per heavy atom. The van der Waals surface area contributed by atoms with Crippen LogP contribution in [0.3, 0.4) is 0 Å². The summed E-state index contributed by atoms with van der Waals surface area (Å²) in [5.74, 6) is -3.05. The summed E-state index contributed by atoms with van der Waals surface area (Å²) < 4.78 is 15.2. The van der Waals surface area contributed by atoms with Gasteiger partial charge >= 0.3 is 5.97 Å². The third-order valence-electron chi connectivity index (χ3n) is 3.81. The van der Waals surface area contributed by atoms with E-state index in [0.717, 1.165) is 0 Å². The minimum atomic E-state index is -1.31. The Kier molecular flexibility index (Phi) is 6.49. The van der Waals surface area contributed by atoms with Crippen LogP contribution in [0.2, 0.25) is 0 Å². The zero-order valence-corrected chi connectivity index (χ0v) is 14.9. The summed E-state index contributed by atoms with van der Waals surface area (Å²) in [5, 5.41) is 0. The van der Waals surface area contributed by atoms with Crippen molar-refractivity contribution in [3.05, 3.63) is 59.7 Å². The molecule has 0 spiro atoms. The summed E-state index contributed by atoms with van der Waals surface area (Å²) in [7, 11) is 2.91. The molecule has 0 saturated carbocycles. The molecule has 0 aromatic heterocycles. The first-order valence-corrected chi connectivity index (χ1v) is 8.05. The highest BCUT2D eigenvalue weighted by atomic mass is 16.5. The second kappa shape index (κ2) is 8.80. The topological polar surface area (TPSA) is 78.9 Å². The molecule has 0 heterocycles. The Morgan fingerprint density at radius 1 is 0.962 bits per heavy atom. The largest absolute Gasteiger partial charge is 0.497 e. The van der Waals surface area contributed by atoms with E-state index in [-0.39, 0.29) is 17.9 Å². The van der Waals surface area contributed by atoms with Crippen LogP contribution in [0.4, 0.5) is 0 Å². The highest BCUT2D eigenvalue weighted by Crippen LogP contribution is 2.30.